The Labute approximate surface area is 110 Å². The van der Waals surface area contributed by atoms with Crippen LogP contribution in [0, 0.1) is 6.92 Å². The maximum Gasteiger partial charge on any atom is 0.335 e. The number of carboxylic acids is 1. The Hall–Kier alpha value is -2.56. The lowest BCUT2D eigenvalue weighted by Gasteiger charge is -2.08. The highest BCUT2D eigenvalue weighted by Gasteiger charge is 2.08. The lowest BCUT2D eigenvalue weighted by molar-refractivity contribution is 0.0696. The molecule has 0 amide bonds. The van der Waals surface area contributed by atoms with E-state index >= 15 is 0 Å². The number of carboxylic acid groups (broad SMARTS) is 1. The molecule has 1 heterocycles. The second-order valence-corrected chi connectivity index (χ2v) is 3.92. The number of aromatic nitrogens is 1. The second kappa shape index (κ2) is 5.39. The van der Waals surface area contributed by atoms with Crippen molar-refractivity contribution in [3.63, 3.8) is 0 Å². The number of hydrogen-bond donors (Lipinski definition) is 1. The van der Waals surface area contributed by atoms with Crippen LogP contribution >= 0.6 is 0 Å². The number of nitrogens with zero attached hydrogens (tertiary/aromatic N) is 1. The zero-order chi connectivity index (χ0) is 13.8. The van der Waals surface area contributed by atoms with Gasteiger partial charge in [0, 0.05) is 17.8 Å². The minimum absolute atomic E-state index is 0.144. The van der Waals surface area contributed by atoms with Gasteiger partial charge in [-0.15, -0.1) is 0 Å². The van der Waals surface area contributed by atoms with Gasteiger partial charge in [0.15, 0.2) is 0 Å². The van der Waals surface area contributed by atoms with E-state index in [0.717, 1.165) is 0 Å². The van der Waals surface area contributed by atoms with Gasteiger partial charge in [0.1, 0.15) is 11.5 Å². The summed E-state index contributed by atoms with van der Waals surface area (Å²) in [6.07, 6.45) is 0. The average molecular weight is 259 g/mol. The van der Waals surface area contributed by atoms with Crippen molar-refractivity contribution in [2.24, 2.45) is 0 Å². The van der Waals surface area contributed by atoms with E-state index < -0.39 is 5.97 Å². The number of aryl methyl sites for hydroxylation is 1. The van der Waals surface area contributed by atoms with Gasteiger partial charge in [0.2, 0.25) is 5.88 Å². The van der Waals surface area contributed by atoms with E-state index in [9.17, 15) is 4.79 Å². The standard InChI is InChI=1S/C14H13NO4/c1-9-6-10(14(16)17)7-13(15-9)19-12-5-3-4-11(8-12)18-2/h3-8H,1-2H3,(H,16,17). The number of ether oxygens (including phenoxy) is 2. The third-order valence-corrected chi connectivity index (χ3v) is 2.44. The highest BCUT2D eigenvalue weighted by molar-refractivity contribution is 5.88. The Kier molecular flexibility index (Phi) is 3.66. The molecule has 5 nitrogen and oxygen atoms in total. The maximum absolute atomic E-state index is 11.0. The van der Waals surface area contributed by atoms with Crippen LogP contribution in [0.5, 0.6) is 17.4 Å². The number of rotatable bonds is 4. The molecule has 2 rings (SSSR count). The summed E-state index contributed by atoms with van der Waals surface area (Å²) in [6, 6.07) is 9.88. The van der Waals surface area contributed by atoms with Crippen molar-refractivity contribution in [2.75, 3.05) is 7.11 Å². The molecular formula is C14H13NO4. The summed E-state index contributed by atoms with van der Waals surface area (Å²) in [4.78, 5) is 15.1. The number of aromatic carboxylic acids is 1. The quantitative estimate of drug-likeness (QED) is 0.914. The molecule has 0 bridgehead atoms. The number of pyridine rings is 1. The molecule has 1 N–H and O–H groups in total. The number of methoxy groups -OCH3 is 1. The summed E-state index contributed by atoms with van der Waals surface area (Å²) in [5.41, 5.74) is 0.725. The average Bonchev–Trinajstić information content (AvgIpc) is 2.38. The second-order valence-electron chi connectivity index (χ2n) is 3.92. The van der Waals surface area contributed by atoms with Crippen LogP contribution in [0.1, 0.15) is 16.1 Å². The van der Waals surface area contributed by atoms with Crippen LogP contribution in [0.2, 0.25) is 0 Å². The predicted octanol–water partition coefficient (Wildman–Crippen LogP) is 2.89. The predicted molar refractivity (Wildman–Crippen MR) is 69.0 cm³/mol. The van der Waals surface area contributed by atoms with Crippen LogP contribution in [0.15, 0.2) is 36.4 Å². The molecule has 98 valence electrons. The molecule has 0 atom stereocenters. The Morgan fingerprint density at radius 2 is 1.95 bits per heavy atom. The first kappa shape index (κ1) is 12.9. The van der Waals surface area contributed by atoms with Gasteiger partial charge in [-0.3, -0.25) is 0 Å². The summed E-state index contributed by atoms with van der Waals surface area (Å²) in [5.74, 6) is 0.420. The lowest BCUT2D eigenvalue weighted by Crippen LogP contribution is -2.00. The van der Waals surface area contributed by atoms with E-state index in [1.54, 1.807) is 38.3 Å². The van der Waals surface area contributed by atoms with Crippen molar-refractivity contribution >= 4 is 5.97 Å². The Balaban J connectivity index is 2.29. The van der Waals surface area contributed by atoms with Crippen molar-refractivity contribution in [3.8, 4) is 17.4 Å². The summed E-state index contributed by atoms with van der Waals surface area (Å²) in [5, 5.41) is 8.98. The van der Waals surface area contributed by atoms with Crippen LogP contribution in [0.4, 0.5) is 0 Å². The fraction of sp³-hybridized carbons (Fsp3) is 0.143. The first-order chi connectivity index (χ1) is 9.08. The van der Waals surface area contributed by atoms with E-state index in [4.69, 9.17) is 14.6 Å². The highest BCUT2D eigenvalue weighted by atomic mass is 16.5. The van der Waals surface area contributed by atoms with Crippen molar-refractivity contribution in [1.29, 1.82) is 0 Å². The van der Waals surface area contributed by atoms with Crippen LogP contribution in [-0.4, -0.2) is 23.2 Å². The Morgan fingerprint density at radius 3 is 2.63 bits per heavy atom. The van der Waals surface area contributed by atoms with E-state index in [1.165, 1.54) is 12.1 Å². The van der Waals surface area contributed by atoms with Gasteiger partial charge >= 0.3 is 5.97 Å². The smallest absolute Gasteiger partial charge is 0.335 e. The van der Waals surface area contributed by atoms with Crippen molar-refractivity contribution < 1.29 is 19.4 Å². The normalized spacial score (nSPS) is 10.0. The molecule has 0 aliphatic heterocycles. The zero-order valence-corrected chi connectivity index (χ0v) is 10.6. The molecular weight excluding hydrogens is 246 g/mol. The number of hydrogen-bond acceptors (Lipinski definition) is 4. The van der Waals surface area contributed by atoms with Crippen LogP contribution < -0.4 is 9.47 Å². The fourth-order valence-corrected chi connectivity index (χ4v) is 1.60. The molecule has 0 aliphatic carbocycles. The zero-order valence-electron chi connectivity index (χ0n) is 10.6. The fourth-order valence-electron chi connectivity index (χ4n) is 1.60. The molecule has 5 heteroatoms. The van der Waals surface area contributed by atoms with Crippen molar-refractivity contribution in [2.45, 2.75) is 6.92 Å². The van der Waals surface area contributed by atoms with Gasteiger partial charge in [-0.2, -0.15) is 0 Å². The molecule has 0 unspecified atom stereocenters. The molecule has 1 aromatic heterocycles. The van der Waals surface area contributed by atoms with Crippen LogP contribution in [0.3, 0.4) is 0 Å². The van der Waals surface area contributed by atoms with Crippen LogP contribution in [0.25, 0.3) is 0 Å². The van der Waals surface area contributed by atoms with Gasteiger partial charge < -0.3 is 14.6 Å². The van der Waals surface area contributed by atoms with E-state index in [-0.39, 0.29) is 11.4 Å². The Bertz CT molecular complexity index is 610. The SMILES string of the molecule is COc1cccc(Oc2cc(C(=O)O)cc(C)n2)c1. The van der Waals surface area contributed by atoms with Gasteiger partial charge in [-0.1, -0.05) is 6.07 Å². The molecule has 0 aliphatic rings. The molecule has 2 aromatic rings. The minimum Gasteiger partial charge on any atom is -0.497 e. The lowest BCUT2D eigenvalue weighted by atomic mass is 10.2. The van der Waals surface area contributed by atoms with E-state index in [2.05, 4.69) is 4.98 Å². The summed E-state index contributed by atoms with van der Waals surface area (Å²) in [7, 11) is 1.56. The number of carbonyl (C=O) groups is 1. The van der Waals surface area contributed by atoms with Gasteiger partial charge in [0.25, 0.3) is 0 Å². The van der Waals surface area contributed by atoms with Gasteiger partial charge in [0.05, 0.1) is 12.7 Å². The molecule has 1 aromatic carbocycles. The highest BCUT2D eigenvalue weighted by Crippen LogP contribution is 2.24. The molecule has 19 heavy (non-hydrogen) atoms. The summed E-state index contributed by atoms with van der Waals surface area (Å²) in [6.45, 7) is 1.71. The molecule has 0 spiro atoms. The van der Waals surface area contributed by atoms with Gasteiger partial charge in [-0.25, -0.2) is 9.78 Å². The number of benzene rings is 1. The molecule has 0 saturated carbocycles. The Morgan fingerprint density at radius 1 is 1.21 bits per heavy atom. The topological polar surface area (TPSA) is 68.7 Å². The third-order valence-electron chi connectivity index (χ3n) is 2.44. The monoisotopic (exact) mass is 259 g/mol. The summed E-state index contributed by atoms with van der Waals surface area (Å²) < 4.78 is 10.6. The van der Waals surface area contributed by atoms with E-state index in [0.29, 0.717) is 17.2 Å². The maximum atomic E-state index is 11.0. The molecule has 0 saturated heterocycles. The largest absolute Gasteiger partial charge is 0.497 e. The minimum atomic E-state index is -1.01. The first-order valence-electron chi connectivity index (χ1n) is 5.62. The van der Waals surface area contributed by atoms with Crippen molar-refractivity contribution in [3.05, 3.63) is 47.7 Å². The first-order valence-corrected chi connectivity index (χ1v) is 5.62. The van der Waals surface area contributed by atoms with E-state index in [1.807, 2.05) is 0 Å². The molecule has 0 radical (unpaired) electrons. The van der Waals surface area contributed by atoms with Crippen molar-refractivity contribution in [1.82, 2.24) is 4.98 Å². The van der Waals surface area contributed by atoms with Crippen LogP contribution in [-0.2, 0) is 0 Å². The molecule has 0 fully saturated rings. The van der Waals surface area contributed by atoms with Gasteiger partial charge in [-0.05, 0) is 25.1 Å². The summed E-state index contributed by atoms with van der Waals surface area (Å²) >= 11 is 0. The third kappa shape index (κ3) is 3.22.